The summed E-state index contributed by atoms with van der Waals surface area (Å²) in [6, 6.07) is 0. The number of primary amides is 1. The molecule has 0 radical (unpaired) electrons. The van der Waals surface area contributed by atoms with Crippen molar-refractivity contribution in [3.8, 4) is 0 Å². The van der Waals surface area contributed by atoms with E-state index >= 15 is 0 Å². The highest BCUT2D eigenvalue weighted by Gasteiger charge is 2.32. The van der Waals surface area contributed by atoms with Crippen molar-refractivity contribution in [2.24, 2.45) is 16.9 Å². The lowest BCUT2D eigenvalue weighted by molar-refractivity contribution is -0.131. The molecule has 0 bridgehead atoms. The molecule has 0 saturated heterocycles. The van der Waals surface area contributed by atoms with E-state index in [9.17, 15) is 9.59 Å². The molecular weight excluding hydrogens is 222 g/mol. The summed E-state index contributed by atoms with van der Waals surface area (Å²) in [6.07, 6.45) is 1.40. The van der Waals surface area contributed by atoms with Gasteiger partial charge < -0.3 is 21.5 Å². The lowest BCUT2D eigenvalue weighted by Gasteiger charge is -2.28. The normalized spacial score (nSPS) is 11.2. The minimum Gasteiger partial charge on any atom is -0.370 e. The number of ether oxygens (including phenoxy) is 1. The number of hydrogen-bond donors (Lipinski definition) is 3. The summed E-state index contributed by atoms with van der Waals surface area (Å²) < 4.78 is 4.94. The highest BCUT2D eigenvalue weighted by atomic mass is 16.5. The third-order valence-electron chi connectivity index (χ3n) is 3.00. The summed E-state index contributed by atoms with van der Waals surface area (Å²) in [5.74, 6) is -0.581. The third-order valence-corrected chi connectivity index (χ3v) is 3.00. The second-order valence-corrected chi connectivity index (χ2v) is 3.97. The second kappa shape index (κ2) is 8.03. The van der Waals surface area contributed by atoms with Gasteiger partial charge in [-0.3, -0.25) is 9.59 Å². The number of carbonyl (C=O) groups excluding carboxylic acids is 2. The van der Waals surface area contributed by atoms with Crippen LogP contribution in [-0.4, -0.2) is 38.1 Å². The molecule has 0 atom stereocenters. The predicted octanol–water partition coefficient (Wildman–Crippen LogP) is -0.630. The van der Waals surface area contributed by atoms with Crippen LogP contribution in [0, 0.1) is 5.41 Å². The number of hydrogen-bond acceptors (Lipinski definition) is 4. The van der Waals surface area contributed by atoms with Crippen LogP contribution in [0.1, 0.15) is 26.7 Å². The Morgan fingerprint density at radius 1 is 1.29 bits per heavy atom. The Morgan fingerprint density at radius 2 is 1.88 bits per heavy atom. The average molecular weight is 245 g/mol. The van der Waals surface area contributed by atoms with Gasteiger partial charge in [0.25, 0.3) is 0 Å². The highest BCUT2D eigenvalue weighted by molar-refractivity contribution is 5.82. The smallest absolute Gasteiger partial charge is 0.243 e. The Morgan fingerprint density at radius 3 is 2.29 bits per heavy atom. The van der Waals surface area contributed by atoms with Gasteiger partial charge in [0.1, 0.15) is 6.61 Å². The van der Waals surface area contributed by atoms with Crippen molar-refractivity contribution in [1.29, 1.82) is 0 Å². The molecule has 0 aromatic rings. The molecule has 0 aliphatic heterocycles. The number of rotatable bonds is 9. The van der Waals surface area contributed by atoms with Gasteiger partial charge in [0.2, 0.25) is 11.8 Å². The van der Waals surface area contributed by atoms with E-state index in [1.807, 2.05) is 13.8 Å². The van der Waals surface area contributed by atoms with E-state index in [2.05, 4.69) is 5.32 Å². The summed E-state index contributed by atoms with van der Waals surface area (Å²) >= 11 is 0. The average Bonchev–Trinajstić information content (AvgIpc) is 2.31. The molecule has 0 aromatic carbocycles. The van der Waals surface area contributed by atoms with Crippen LogP contribution in [0.15, 0.2) is 0 Å². The van der Waals surface area contributed by atoms with Crippen LogP contribution in [0.5, 0.6) is 0 Å². The van der Waals surface area contributed by atoms with Crippen LogP contribution in [0.4, 0.5) is 0 Å². The van der Waals surface area contributed by atoms with Crippen LogP contribution in [0.25, 0.3) is 0 Å². The molecule has 0 spiro atoms. The Bertz CT molecular complexity index is 244. The van der Waals surface area contributed by atoms with E-state index in [4.69, 9.17) is 16.2 Å². The van der Waals surface area contributed by atoms with Gasteiger partial charge in [0.05, 0.1) is 12.0 Å². The van der Waals surface area contributed by atoms with Gasteiger partial charge in [-0.25, -0.2) is 0 Å². The molecule has 100 valence electrons. The van der Waals surface area contributed by atoms with Crippen molar-refractivity contribution in [3.63, 3.8) is 0 Å². The molecule has 0 saturated carbocycles. The summed E-state index contributed by atoms with van der Waals surface area (Å²) in [6.45, 7) is 4.71. The van der Waals surface area contributed by atoms with Gasteiger partial charge in [-0.05, 0) is 12.8 Å². The van der Waals surface area contributed by atoms with Gasteiger partial charge in [0, 0.05) is 13.1 Å². The van der Waals surface area contributed by atoms with Crippen LogP contribution in [0.2, 0.25) is 0 Å². The van der Waals surface area contributed by atoms with Crippen LogP contribution in [-0.2, 0) is 14.3 Å². The first kappa shape index (κ1) is 15.9. The lowest BCUT2D eigenvalue weighted by atomic mass is 9.81. The summed E-state index contributed by atoms with van der Waals surface area (Å²) in [5, 5.41) is 2.75. The molecule has 0 rings (SSSR count). The maximum atomic E-state index is 11.9. The zero-order valence-corrected chi connectivity index (χ0v) is 10.6. The van der Waals surface area contributed by atoms with Gasteiger partial charge in [-0.15, -0.1) is 0 Å². The SMILES string of the molecule is CCC(CC)(CN)C(=O)NCCOCC(N)=O. The molecule has 0 unspecified atom stereocenters. The van der Waals surface area contributed by atoms with Gasteiger partial charge in [-0.1, -0.05) is 13.8 Å². The molecular formula is C11H23N3O3. The maximum Gasteiger partial charge on any atom is 0.243 e. The monoisotopic (exact) mass is 245 g/mol. The fourth-order valence-electron chi connectivity index (χ4n) is 1.55. The summed E-state index contributed by atoms with van der Waals surface area (Å²) in [7, 11) is 0. The minimum atomic E-state index is -0.519. The molecule has 0 heterocycles. The van der Waals surface area contributed by atoms with Gasteiger partial charge in [0.15, 0.2) is 0 Å². The van der Waals surface area contributed by atoms with E-state index in [-0.39, 0.29) is 19.1 Å². The third kappa shape index (κ3) is 5.14. The van der Waals surface area contributed by atoms with Gasteiger partial charge >= 0.3 is 0 Å². The molecule has 5 N–H and O–H groups in total. The predicted molar refractivity (Wildman–Crippen MR) is 65.1 cm³/mol. The Labute approximate surface area is 102 Å². The van der Waals surface area contributed by atoms with E-state index in [0.29, 0.717) is 25.9 Å². The van der Waals surface area contributed by atoms with Gasteiger partial charge in [-0.2, -0.15) is 0 Å². The summed E-state index contributed by atoms with van der Waals surface area (Å²) in [4.78, 5) is 22.3. The van der Waals surface area contributed by atoms with E-state index < -0.39 is 11.3 Å². The van der Waals surface area contributed by atoms with Crippen molar-refractivity contribution in [3.05, 3.63) is 0 Å². The van der Waals surface area contributed by atoms with Crippen molar-refractivity contribution in [2.75, 3.05) is 26.3 Å². The Hall–Kier alpha value is -1.14. The number of amides is 2. The molecule has 0 fully saturated rings. The maximum absolute atomic E-state index is 11.9. The van der Waals surface area contributed by atoms with E-state index in [1.165, 1.54) is 0 Å². The number of nitrogens with two attached hydrogens (primary N) is 2. The second-order valence-electron chi connectivity index (χ2n) is 3.97. The van der Waals surface area contributed by atoms with Crippen LogP contribution < -0.4 is 16.8 Å². The summed E-state index contributed by atoms with van der Waals surface area (Å²) in [5.41, 5.74) is 10.1. The topological polar surface area (TPSA) is 107 Å². The van der Waals surface area contributed by atoms with Crippen molar-refractivity contribution >= 4 is 11.8 Å². The van der Waals surface area contributed by atoms with Crippen LogP contribution in [0.3, 0.4) is 0 Å². The van der Waals surface area contributed by atoms with E-state index in [0.717, 1.165) is 0 Å². The first-order chi connectivity index (χ1) is 8.02. The lowest BCUT2D eigenvalue weighted by Crippen LogP contribution is -2.46. The quantitative estimate of drug-likeness (QED) is 0.470. The first-order valence-electron chi connectivity index (χ1n) is 5.86. The fraction of sp³-hybridized carbons (Fsp3) is 0.818. The highest BCUT2D eigenvalue weighted by Crippen LogP contribution is 2.24. The number of nitrogens with one attached hydrogen (secondary N) is 1. The molecule has 17 heavy (non-hydrogen) atoms. The van der Waals surface area contributed by atoms with Crippen molar-refractivity contribution in [1.82, 2.24) is 5.32 Å². The Kier molecular flexibility index (Phi) is 7.49. The molecule has 0 aliphatic rings. The molecule has 6 nitrogen and oxygen atoms in total. The van der Waals surface area contributed by atoms with Crippen molar-refractivity contribution < 1.29 is 14.3 Å². The molecule has 0 aromatic heterocycles. The first-order valence-corrected chi connectivity index (χ1v) is 5.86. The standard InChI is InChI=1S/C11H23N3O3/c1-3-11(4-2,8-12)10(16)14-5-6-17-7-9(13)15/h3-8,12H2,1-2H3,(H2,13,15)(H,14,16). The van der Waals surface area contributed by atoms with E-state index in [1.54, 1.807) is 0 Å². The fourth-order valence-corrected chi connectivity index (χ4v) is 1.55. The number of carbonyl (C=O) groups is 2. The zero-order chi connectivity index (χ0) is 13.3. The largest absolute Gasteiger partial charge is 0.370 e. The molecule has 6 heteroatoms. The Balaban J connectivity index is 3.95. The molecule has 0 aliphatic carbocycles. The zero-order valence-electron chi connectivity index (χ0n) is 10.6. The molecule has 2 amide bonds. The van der Waals surface area contributed by atoms with Crippen molar-refractivity contribution in [2.45, 2.75) is 26.7 Å². The van der Waals surface area contributed by atoms with Crippen LogP contribution >= 0.6 is 0 Å². The minimum absolute atomic E-state index is 0.0623.